The first-order chi connectivity index (χ1) is 4.84. The summed E-state index contributed by atoms with van der Waals surface area (Å²) >= 11 is 1.93. The number of rotatable bonds is 2. The van der Waals surface area contributed by atoms with Crippen molar-refractivity contribution in [2.45, 2.75) is 18.9 Å². The molecule has 60 valence electrons. The van der Waals surface area contributed by atoms with Crippen LogP contribution in [0.3, 0.4) is 0 Å². The lowest BCUT2D eigenvalue weighted by Crippen LogP contribution is -2.27. The second-order valence-corrected chi connectivity index (χ2v) is 3.92. The lowest BCUT2D eigenvalue weighted by Gasteiger charge is -2.24. The molecule has 0 aromatic heterocycles. The first kappa shape index (κ1) is 8.37. The molecule has 1 aliphatic rings. The van der Waals surface area contributed by atoms with Crippen molar-refractivity contribution in [3.05, 3.63) is 0 Å². The maximum atomic E-state index is 9.22. The van der Waals surface area contributed by atoms with Crippen LogP contribution in [0.15, 0.2) is 0 Å². The van der Waals surface area contributed by atoms with Crippen molar-refractivity contribution < 1.29 is 10.2 Å². The highest BCUT2D eigenvalue weighted by Gasteiger charge is 2.20. The Morgan fingerprint density at radius 2 is 2.00 bits per heavy atom. The average Bonchev–Trinajstić information content (AvgIpc) is 2.05. The third-order valence-corrected chi connectivity index (χ3v) is 3.05. The van der Waals surface area contributed by atoms with E-state index in [0.717, 1.165) is 24.3 Å². The van der Waals surface area contributed by atoms with E-state index in [1.165, 1.54) is 0 Å². The summed E-state index contributed by atoms with van der Waals surface area (Å²) in [6.45, 7) is -0.0741. The monoisotopic (exact) mass is 162 g/mol. The molecule has 1 heterocycles. The van der Waals surface area contributed by atoms with Crippen LogP contribution >= 0.6 is 11.8 Å². The van der Waals surface area contributed by atoms with Crippen LogP contribution in [0.1, 0.15) is 12.8 Å². The van der Waals surface area contributed by atoms with Crippen LogP contribution in [-0.4, -0.2) is 34.4 Å². The van der Waals surface area contributed by atoms with Gasteiger partial charge in [0.2, 0.25) is 0 Å². The van der Waals surface area contributed by atoms with Gasteiger partial charge in [0.1, 0.15) is 0 Å². The summed E-state index contributed by atoms with van der Waals surface area (Å²) in [4.78, 5) is 0. The number of hydrogen-bond acceptors (Lipinski definition) is 3. The van der Waals surface area contributed by atoms with Crippen molar-refractivity contribution in [1.82, 2.24) is 0 Å². The number of aliphatic hydroxyl groups excluding tert-OH is 2. The molecule has 0 amide bonds. The van der Waals surface area contributed by atoms with Gasteiger partial charge < -0.3 is 10.2 Å². The lowest BCUT2D eigenvalue weighted by atomic mass is 9.97. The van der Waals surface area contributed by atoms with E-state index in [1.807, 2.05) is 11.8 Å². The highest BCUT2D eigenvalue weighted by molar-refractivity contribution is 7.99. The van der Waals surface area contributed by atoms with Gasteiger partial charge in [-0.3, -0.25) is 0 Å². The fraction of sp³-hybridized carbons (Fsp3) is 1.00. The lowest BCUT2D eigenvalue weighted by molar-refractivity contribution is 0.0439. The van der Waals surface area contributed by atoms with Gasteiger partial charge in [-0.15, -0.1) is 0 Å². The van der Waals surface area contributed by atoms with E-state index < -0.39 is 6.10 Å². The topological polar surface area (TPSA) is 40.5 Å². The third kappa shape index (κ3) is 2.15. The predicted octanol–water partition coefficient (Wildman–Crippen LogP) is 0.483. The standard InChI is InChI=1S/C7H14O2S/c8-5-7(9)6-1-3-10-4-2-6/h6-9H,1-5H2. The normalized spacial score (nSPS) is 24.6. The smallest absolute Gasteiger partial charge is 0.0799 e. The molecule has 1 fully saturated rings. The largest absolute Gasteiger partial charge is 0.394 e. The molecule has 0 aromatic carbocycles. The van der Waals surface area contributed by atoms with Crippen LogP contribution in [0.2, 0.25) is 0 Å². The molecule has 10 heavy (non-hydrogen) atoms. The van der Waals surface area contributed by atoms with Crippen molar-refractivity contribution in [2.75, 3.05) is 18.1 Å². The Balaban J connectivity index is 2.24. The van der Waals surface area contributed by atoms with Gasteiger partial charge in [0.25, 0.3) is 0 Å². The molecular formula is C7H14O2S. The van der Waals surface area contributed by atoms with Crippen LogP contribution in [-0.2, 0) is 0 Å². The maximum absolute atomic E-state index is 9.22. The second-order valence-electron chi connectivity index (χ2n) is 2.70. The fourth-order valence-corrected chi connectivity index (χ4v) is 2.39. The molecule has 3 heteroatoms. The van der Waals surface area contributed by atoms with Crippen LogP contribution in [0.25, 0.3) is 0 Å². The molecule has 0 aliphatic carbocycles. The second kappa shape index (κ2) is 4.21. The van der Waals surface area contributed by atoms with Gasteiger partial charge in [0.05, 0.1) is 12.7 Å². The summed E-state index contributed by atoms with van der Waals surface area (Å²) in [5.41, 5.74) is 0. The highest BCUT2D eigenvalue weighted by atomic mass is 32.2. The zero-order chi connectivity index (χ0) is 7.40. The number of aliphatic hydroxyl groups is 2. The Hall–Kier alpha value is 0.270. The molecule has 1 atom stereocenters. The zero-order valence-corrected chi connectivity index (χ0v) is 6.81. The predicted molar refractivity (Wildman–Crippen MR) is 43.1 cm³/mol. The van der Waals surface area contributed by atoms with Crippen molar-refractivity contribution in [1.29, 1.82) is 0 Å². The average molecular weight is 162 g/mol. The quantitative estimate of drug-likeness (QED) is 0.620. The zero-order valence-electron chi connectivity index (χ0n) is 5.99. The molecule has 0 aromatic rings. The Morgan fingerprint density at radius 1 is 1.40 bits per heavy atom. The highest BCUT2D eigenvalue weighted by Crippen LogP contribution is 2.24. The molecule has 1 unspecified atom stereocenters. The van der Waals surface area contributed by atoms with Gasteiger partial charge in [-0.1, -0.05) is 0 Å². The van der Waals surface area contributed by atoms with E-state index in [-0.39, 0.29) is 6.61 Å². The minimum absolute atomic E-state index is 0.0741. The fourth-order valence-electron chi connectivity index (χ4n) is 1.25. The summed E-state index contributed by atoms with van der Waals surface area (Å²) in [6, 6.07) is 0. The van der Waals surface area contributed by atoms with Crippen molar-refractivity contribution in [3.63, 3.8) is 0 Å². The summed E-state index contributed by atoms with van der Waals surface area (Å²) in [7, 11) is 0. The van der Waals surface area contributed by atoms with E-state index >= 15 is 0 Å². The first-order valence-electron chi connectivity index (χ1n) is 3.71. The van der Waals surface area contributed by atoms with Crippen LogP contribution in [0.5, 0.6) is 0 Å². The number of hydrogen-bond donors (Lipinski definition) is 2. The van der Waals surface area contributed by atoms with Gasteiger partial charge in [0.15, 0.2) is 0 Å². The first-order valence-corrected chi connectivity index (χ1v) is 4.86. The molecular weight excluding hydrogens is 148 g/mol. The molecule has 1 rings (SSSR count). The minimum atomic E-state index is -0.471. The van der Waals surface area contributed by atoms with Gasteiger partial charge in [-0.05, 0) is 30.3 Å². The summed E-state index contributed by atoms with van der Waals surface area (Å²) in [5.74, 6) is 2.63. The van der Waals surface area contributed by atoms with E-state index in [9.17, 15) is 5.11 Å². The number of thioether (sulfide) groups is 1. The third-order valence-electron chi connectivity index (χ3n) is 2.00. The van der Waals surface area contributed by atoms with Gasteiger partial charge in [-0.2, -0.15) is 11.8 Å². The summed E-state index contributed by atoms with van der Waals surface area (Å²) in [6.07, 6.45) is 1.65. The van der Waals surface area contributed by atoms with Gasteiger partial charge in [0, 0.05) is 0 Å². The van der Waals surface area contributed by atoms with Gasteiger partial charge >= 0.3 is 0 Å². The van der Waals surface area contributed by atoms with E-state index in [1.54, 1.807) is 0 Å². The van der Waals surface area contributed by atoms with E-state index in [4.69, 9.17) is 5.11 Å². The minimum Gasteiger partial charge on any atom is -0.394 e. The molecule has 0 saturated carbocycles. The van der Waals surface area contributed by atoms with Crippen molar-refractivity contribution >= 4 is 11.8 Å². The maximum Gasteiger partial charge on any atom is 0.0799 e. The molecule has 1 aliphatic heterocycles. The Bertz CT molecular complexity index is 91.6. The molecule has 0 bridgehead atoms. The molecule has 0 radical (unpaired) electrons. The molecule has 2 N–H and O–H groups in total. The van der Waals surface area contributed by atoms with E-state index in [0.29, 0.717) is 5.92 Å². The SMILES string of the molecule is OCC(O)C1CCSCC1. The Morgan fingerprint density at radius 3 is 2.50 bits per heavy atom. The van der Waals surface area contributed by atoms with Crippen molar-refractivity contribution in [2.24, 2.45) is 5.92 Å². The van der Waals surface area contributed by atoms with Gasteiger partial charge in [-0.25, -0.2) is 0 Å². The molecule has 0 spiro atoms. The Labute approximate surface area is 65.6 Å². The molecule has 1 saturated heterocycles. The Kier molecular flexibility index (Phi) is 3.52. The van der Waals surface area contributed by atoms with Crippen LogP contribution < -0.4 is 0 Å². The van der Waals surface area contributed by atoms with Crippen LogP contribution in [0, 0.1) is 5.92 Å². The molecule has 2 nitrogen and oxygen atoms in total. The van der Waals surface area contributed by atoms with Crippen molar-refractivity contribution in [3.8, 4) is 0 Å². The summed E-state index contributed by atoms with van der Waals surface area (Å²) < 4.78 is 0. The summed E-state index contributed by atoms with van der Waals surface area (Å²) in [5, 5.41) is 17.9. The van der Waals surface area contributed by atoms with E-state index in [2.05, 4.69) is 0 Å². The van der Waals surface area contributed by atoms with Crippen LogP contribution in [0.4, 0.5) is 0 Å².